The van der Waals surface area contributed by atoms with E-state index >= 15 is 0 Å². The molecule has 0 fully saturated rings. The smallest absolute Gasteiger partial charge is 0.225 e. The lowest BCUT2D eigenvalue weighted by Gasteiger charge is -2.07. The van der Waals surface area contributed by atoms with E-state index in [0.717, 1.165) is 13.0 Å². The SMILES string of the molecule is CCOc1ccnc(NCCc2cccc(C)c2)n1. The van der Waals surface area contributed by atoms with Crippen LogP contribution in [0.15, 0.2) is 36.5 Å². The second-order valence-electron chi connectivity index (χ2n) is 4.32. The second-order valence-corrected chi connectivity index (χ2v) is 4.32. The Morgan fingerprint density at radius 2 is 2.16 bits per heavy atom. The van der Waals surface area contributed by atoms with Gasteiger partial charge in [-0.1, -0.05) is 29.8 Å². The fraction of sp³-hybridized carbons (Fsp3) is 0.333. The molecule has 0 spiro atoms. The molecule has 100 valence electrons. The summed E-state index contributed by atoms with van der Waals surface area (Å²) in [4.78, 5) is 8.43. The van der Waals surface area contributed by atoms with Gasteiger partial charge in [0, 0.05) is 18.8 Å². The molecule has 1 heterocycles. The zero-order chi connectivity index (χ0) is 13.5. The molecule has 1 N–H and O–H groups in total. The van der Waals surface area contributed by atoms with Gasteiger partial charge in [0.05, 0.1) is 6.61 Å². The highest BCUT2D eigenvalue weighted by Crippen LogP contribution is 2.09. The van der Waals surface area contributed by atoms with Crippen molar-refractivity contribution in [2.24, 2.45) is 0 Å². The van der Waals surface area contributed by atoms with Crippen molar-refractivity contribution in [3.05, 3.63) is 47.7 Å². The molecule has 0 bridgehead atoms. The number of aryl methyl sites for hydroxylation is 1. The van der Waals surface area contributed by atoms with Crippen LogP contribution in [0.5, 0.6) is 5.88 Å². The van der Waals surface area contributed by atoms with Crippen LogP contribution in [0.3, 0.4) is 0 Å². The number of anilines is 1. The lowest BCUT2D eigenvalue weighted by Crippen LogP contribution is -2.08. The molecule has 0 aliphatic rings. The maximum Gasteiger partial charge on any atom is 0.225 e. The molecule has 0 aliphatic carbocycles. The van der Waals surface area contributed by atoms with Gasteiger partial charge >= 0.3 is 0 Å². The van der Waals surface area contributed by atoms with E-state index in [0.29, 0.717) is 18.4 Å². The molecule has 2 aromatic rings. The van der Waals surface area contributed by atoms with Crippen LogP contribution in [0.25, 0.3) is 0 Å². The van der Waals surface area contributed by atoms with Crippen molar-refractivity contribution in [3.63, 3.8) is 0 Å². The highest BCUT2D eigenvalue weighted by atomic mass is 16.5. The van der Waals surface area contributed by atoms with Gasteiger partial charge in [-0.2, -0.15) is 4.98 Å². The first kappa shape index (κ1) is 13.3. The standard InChI is InChI=1S/C15H19N3O/c1-3-19-14-8-10-17-15(18-14)16-9-7-13-6-4-5-12(2)11-13/h4-6,8,10-11H,3,7,9H2,1-2H3,(H,16,17,18). The molecule has 4 heteroatoms. The summed E-state index contributed by atoms with van der Waals surface area (Å²) in [7, 11) is 0. The Bertz CT molecular complexity index is 528. The average Bonchev–Trinajstić information content (AvgIpc) is 2.40. The molecule has 0 aliphatic heterocycles. The van der Waals surface area contributed by atoms with Crippen molar-refractivity contribution in [3.8, 4) is 5.88 Å². The van der Waals surface area contributed by atoms with Crippen molar-refractivity contribution in [2.75, 3.05) is 18.5 Å². The highest BCUT2D eigenvalue weighted by molar-refractivity contribution is 5.29. The Hall–Kier alpha value is -2.10. The summed E-state index contributed by atoms with van der Waals surface area (Å²) < 4.78 is 5.34. The summed E-state index contributed by atoms with van der Waals surface area (Å²) in [6.45, 7) is 5.46. The van der Waals surface area contributed by atoms with Crippen molar-refractivity contribution in [2.45, 2.75) is 20.3 Å². The van der Waals surface area contributed by atoms with E-state index in [1.807, 2.05) is 6.92 Å². The molecule has 0 saturated carbocycles. The van der Waals surface area contributed by atoms with Gasteiger partial charge in [-0.25, -0.2) is 4.98 Å². The number of hydrogen-bond acceptors (Lipinski definition) is 4. The zero-order valence-corrected chi connectivity index (χ0v) is 11.4. The molecule has 0 unspecified atom stereocenters. The van der Waals surface area contributed by atoms with Gasteiger partial charge in [0.25, 0.3) is 0 Å². The molecule has 0 atom stereocenters. The molecule has 1 aromatic carbocycles. The van der Waals surface area contributed by atoms with E-state index < -0.39 is 0 Å². The van der Waals surface area contributed by atoms with E-state index in [2.05, 4.69) is 46.5 Å². The molecular formula is C15H19N3O. The third kappa shape index (κ3) is 4.25. The molecular weight excluding hydrogens is 238 g/mol. The Labute approximate surface area is 113 Å². The molecule has 0 amide bonds. The van der Waals surface area contributed by atoms with Gasteiger partial charge in [0.15, 0.2) is 0 Å². The first-order chi connectivity index (χ1) is 9.28. The van der Waals surface area contributed by atoms with E-state index in [9.17, 15) is 0 Å². The molecule has 0 saturated heterocycles. The fourth-order valence-electron chi connectivity index (χ4n) is 1.84. The second kappa shape index (κ2) is 6.73. The van der Waals surface area contributed by atoms with Gasteiger partial charge in [-0.3, -0.25) is 0 Å². The molecule has 4 nitrogen and oxygen atoms in total. The number of nitrogens with one attached hydrogen (secondary N) is 1. The minimum atomic E-state index is 0.607. The summed E-state index contributed by atoms with van der Waals surface area (Å²) in [5, 5.41) is 3.21. The maximum atomic E-state index is 5.34. The van der Waals surface area contributed by atoms with E-state index in [1.165, 1.54) is 11.1 Å². The fourth-order valence-corrected chi connectivity index (χ4v) is 1.84. The minimum Gasteiger partial charge on any atom is -0.478 e. The van der Waals surface area contributed by atoms with Crippen LogP contribution in [-0.2, 0) is 6.42 Å². The van der Waals surface area contributed by atoms with E-state index in [-0.39, 0.29) is 0 Å². The number of ether oxygens (including phenoxy) is 1. The van der Waals surface area contributed by atoms with Crippen LogP contribution < -0.4 is 10.1 Å². The monoisotopic (exact) mass is 257 g/mol. The quantitative estimate of drug-likeness (QED) is 0.864. The summed E-state index contributed by atoms with van der Waals surface area (Å²) in [5.41, 5.74) is 2.60. The Morgan fingerprint density at radius 1 is 1.26 bits per heavy atom. The minimum absolute atomic E-state index is 0.607. The van der Waals surface area contributed by atoms with Crippen LogP contribution in [0.4, 0.5) is 5.95 Å². The van der Waals surface area contributed by atoms with E-state index in [1.54, 1.807) is 12.3 Å². The number of aromatic nitrogens is 2. The normalized spacial score (nSPS) is 10.2. The molecule has 1 aromatic heterocycles. The maximum absolute atomic E-state index is 5.34. The number of nitrogens with zero attached hydrogens (tertiary/aromatic N) is 2. The van der Waals surface area contributed by atoms with Crippen LogP contribution in [-0.4, -0.2) is 23.1 Å². The van der Waals surface area contributed by atoms with Crippen molar-refractivity contribution in [1.29, 1.82) is 0 Å². The third-order valence-electron chi connectivity index (χ3n) is 2.70. The molecule has 2 rings (SSSR count). The van der Waals surface area contributed by atoms with Crippen LogP contribution in [0.2, 0.25) is 0 Å². The predicted molar refractivity (Wildman–Crippen MR) is 76.6 cm³/mol. The Morgan fingerprint density at radius 3 is 2.95 bits per heavy atom. The molecule has 19 heavy (non-hydrogen) atoms. The summed E-state index contributed by atoms with van der Waals surface area (Å²) in [6, 6.07) is 10.3. The Kier molecular flexibility index (Phi) is 4.72. The largest absolute Gasteiger partial charge is 0.478 e. The summed E-state index contributed by atoms with van der Waals surface area (Å²) in [6.07, 6.45) is 2.65. The predicted octanol–water partition coefficient (Wildman–Crippen LogP) is 2.84. The van der Waals surface area contributed by atoms with Crippen molar-refractivity contribution < 1.29 is 4.74 Å². The number of benzene rings is 1. The van der Waals surface area contributed by atoms with Gasteiger partial charge < -0.3 is 10.1 Å². The topological polar surface area (TPSA) is 47.0 Å². The zero-order valence-electron chi connectivity index (χ0n) is 11.4. The summed E-state index contributed by atoms with van der Waals surface area (Å²) in [5.74, 6) is 1.22. The Balaban J connectivity index is 1.87. The van der Waals surface area contributed by atoms with Gasteiger partial charge in [0.1, 0.15) is 0 Å². The van der Waals surface area contributed by atoms with E-state index in [4.69, 9.17) is 4.74 Å². The van der Waals surface area contributed by atoms with Crippen molar-refractivity contribution >= 4 is 5.95 Å². The highest BCUT2D eigenvalue weighted by Gasteiger charge is 1.99. The lowest BCUT2D eigenvalue weighted by molar-refractivity contribution is 0.326. The lowest BCUT2D eigenvalue weighted by atomic mass is 10.1. The average molecular weight is 257 g/mol. The van der Waals surface area contributed by atoms with Gasteiger partial charge in [0.2, 0.25) is 11.8 Å². The van der Waals surface area contributed by atoms with Crippen molar-refractivity contribution in [1.82, 2.24) is 9.97 Å². The summed E-state index contributed by atoms with van der Waals surface area (Å²) >= 11 is 0. The van der Waals surface area contributed by atoms with Crippen LogP contribution in [0, 0.1) is 6.92 Å². The van der Waals surface area contributed by atoms with Crippen LogP contribution in [0.1, 0.15) is 18.1 Å². The number of rotatable bonds is 6. The number of hydrogen-bond donors (Lipinski definition) is 1. The van der Waals surface area contributed by atoms with Gasteiger partial charge in [-0.05, 0) is 25.8 Å². The molecule has 0 radical (unpaired) electrons. The van der Waals surface area contributed by atoms with Crippen LogP contribution >= 0.6 is 0 Å². The first-order valence-corrected chi connectivity index (χ1v) is 6.53. The third-order valence-corrected chi connectivity index (χ3v) is 2.70. The first-order valence-electron chi connectivity index (χ1n) is 6.53. The van der Waals surface area contributed by atoms with Gasteiger partial charge in [-0.15, -0.1) is 0 Å².